The summed E-state index contributed by atoms with van der Waals surface area (Å²) in [7, 11) is 0. The van der Waals surface area contributed by atoms with Crippen LogP contribution in [0.25, 0.3) is 0 Å². The average Bonchev–Trinajstić information content (AvgIpc) is 2.55. The summed E-state index contributed by atoms with van der Waals surface area (Å²) < 4.78 is 18.3. The molecule has 1 aromatic carbocycles. The highest BCUT2D eigenvalue weighted by atomic mass is 19.1. The van der Waals surface area contributed by atoms with Crippen LogP contribution >= 0.6 is 0 Å². The molecule has 0 spiro atoms. The molecule has 1 aliphatic rings. The van der Waals surface area contributed by atoms with Crippen molar-refractivity contribution in [3.8, 4) is 0 Å². The molecule has 1 N–H and O–H groups in total. The molecule has 1 saturated heterocycles. The molecular weight excluding hydrogens is 225 g/mol. The number of anilines is 1. The summed E-state index contributed by atoms with van der Waals surface area (Å²) in [6.07, 6.45) is -0.142. The average molecular weight is 239 g/mol. The minimum Gasteiger partial charge on any atom is -0.441 e. The Labute approximate surface area is 98.6 Å². The Morgan fingerprint density at radius 2 is 2.35 bits per heavy atom. The summed E-state index contributed by atoms with van der Waals surface area (Å²) >= 11 is 0. The summed E-state index contributed by atoms with van der Waals surface area (Å²) in [4.78, 5) is 13.0. The molecule has 5 heteroatoms. The largest absolute Gasteiger partial charge is 0.441 e. The Bertz CT molecular complexity index is 438. The predicted octanol–water partition coefficient (Wildman–Crippen LogP) is 1.92. The second kappa shape index (κ2) is 4.33. The molecule has 1 fully saturated rings. The van der Waals surface area contributed by atoms with E-state index in [2.05, 4.69) is 0 Å². The third-order valence-corrected chi connectivity index (χ3v) is 2.81. The predicted molar refractivity (Wildman–Crippen MR) is 60.3 cm³/mol. The van der Waals surface area contributed by atoms with Crippen molar-refractivity contribution in [2.45, 2.75) is 18.9 Å². The van der Waals surface area contributed by atoms with Crippen LogP contribution in [0.4, 0.5) is 14.9 Å². The van der Waals surface area contributed by atoms with Crippen molar-refractivity contribution in [1.29, 1.82) is 0 Å². The summed E-state index contributed by atoms with van der Waals surface area (Å²) in [5, 5.41) is 8.91. The number of ether oxygens (including phenoxy) is 1. The molecule has 17 heavy (non-hydrogen) atoms. The highest BCUT2D eigenvalue weighted by molar-refractivity contribution is 5.90. The van der Waals surface area contributed by atoms with Gasteiger partial charge in [0.25, 0.3) is 0 Å². The fourth-order valence-corrected chi connectivity index (χ4v) is 1.90. The van der Waals surface area contributed by atoms with E-state index in [9.17, 15) is 9.18 Å². The normalized spacial score (nSPS) is 23.9. The maximum atomic E-state index is 13.1. The number of aliphatic hydroxyl groups excluding tert-OH is 1. The lowest BCUT2D eigenvalue weighted by Gasteiger charge is -2.20. The number of benzene rings is 1. The van der Waals surface area contributed by atoms with Crippen molar-refractivity contribution in [3.63, 3.8) is 0 Å². The van der Waals surface area contributed by atoms with Gasteiger partial charge in [0.2, 0.25) is 0 Å². The Morgan fingerprint density at radius 1 is 1.59 bits per heavy atom. The van der Waals surface area contributed by atoms with Gasteiger partial charge < -0.3 is 9.84 Å². The van der Waals surface area contributed by atoms with Crippen LogP contribution in [0.5, 0.6) is 0 Å². The number of nitrogens with zero attached hydrogens (tertiary/aromatic N) is 1. The molecule has 4 nitrogen and oxygen atoms in total. The van der Waals surface area contributed by atoms with Crippen molar-refractivity contribution in [2.75, 3.05) is 18.1 Å². The van der Waals surface area contributed by atoms with Crippen molar-refractivity contribution in [2.24, 2.45) is 0 Å². The first-order valence-corrected chi connectivity index (χ1v) is 5.41. The number of hydrogen-bond donors (Lipinski definition) is 1. The van der Waals surface area contributed by atoms with Crippen LogP contribution in [0.2, 0.25) is 0 Å². The summed E-state index contributed by atoms with van der Waals surface area (Å²) in [5.41, 5.74) is -0.241. The lowest BCUT2D eigenvalue weighted by Crippen LogP contribution is -2.32. The minimum atomic E-state index is -0.710. The molecule has 1 aliphatic heterocycles. The first-order valence-electron chi connectivity index (χ1n) is 5.41. The molecule has 1 unspecified atom stereocenters. The highest BCUT2D eigenvalue weighted by Gasteiger charge is 2.41. The Morgan fingerprint density at radius 3 is 3.00 bits per heavy atom. The number of hydrogen-bond acceptors (Lipinski definition) is 3. The highest BCUT2D eigenvalue weighted by Crippen LogP contribution is 2.30. The molecular formula is C12H14FNO3. The number of carbonyl (C=O) groups is 1. The van der Waals surface area contributed by atoms with Gasteiger partial charge in [0.1, 0.15) is 11.4 Å². The van der Waals surface area contributed by atoms with E-state index in [4.69, 9.17) is 9.84 Å². The van der Waals surface area contributed by atoms with Gasteiger partial charge in [-0.2, -0.15) is 0 Å². The maximum Gasteiger partial charge on any atom is 0.415 e. The molecule has 1 atom stereocenters. The van der Waals surface area contributed by atoms with Gasteiger partial charge in [0, 0.05) is 13.0 Å². The van der Waals surface area contributed by atoms with Gasteiger partial charge in [-0.1, -0.05) is 6.07 Å². The Kier molecular flexibility index (Phi) is 3.02. The van der Waals surface area contributed by atoms with E-state index in [1.165, 1.54) is 17.0 Å². The molecule has 1 amide bonds. The molecule has 92 valence electrons. The molecule has 0 bridgehead atoms. The van der Waals surface area contributed by atoms with Gasteiger partial charge in [-0.05, 0) is 25.1 Å². The second-order valence-electron chi connectivity index (χ2n) is 4.36. The first-order chi connectivity index (χ1) is 8.04. The van der Waals surface area contributed by atoms with Gasteiger partial charge in [0.15, 0.2) is 0 Å². The van der Waals surface area contributed by atoms with Crippen LogP contribution < -0.4 is 4.90 Å². The number of rotatable bonds is 3. The second-order valence-corrected chi connectivity index (χ2v) is 4.36. The quantitative estimate of drug-likeness (QED) is 0.876. The van der Waals surface area contributed by atoms with E-state index < -0.39 is 17.5 Å². The monoisotopic (exact) mass is 239 g/mol. The maximum absolute atomic E-state index is 13.1. The summed E-state index contributed by atoms with van der Waals surface area (Å²) in [5.74, 6) is -0.397. The lowest BCUT2D eigenvalue weighted by molar-refractivity contribution is 0.0502. The Balaban J connectivity index is 2.21. The van der Waals surface area contributed by atoms with Crippen LogP contribution in [-0.4, -0.2) is 30.0 Å². The van der Waals surface area contributed by atoms with E-state index in [0.29, 0.717) is 18.7 Å². The SMILES string of the molecule is CC1(CCO)CN(c2cccc(F)c2)C(=O)O1. The van der Waals surface area contributed by atoms with Gasteiger partial charge in [-0.25, -0.2) is 9.18 Å². The zero-order valence-corrected chi connectivity index (χ0v) is 9.52. The third kappa shape index (κ3) is 2.39. The zero-order chi connectivity index (χ0) is 12.5. The first kappa shape index (κ1) is 11.9. The fourth-order valence-electron chi connectivity index (χ4n) is 1.90. The smallest absolute Gasteiger partial charge is 0.415 e. The van der Waals surface area contributed by atoms with Crippen molar-refractivity contribution >= 4 is 11.8 Å². The van der Waals surface area contributed by atoms with Crippen LogP contribution in [0.15, 0.2) is 24.3 Å². The number of amides is 1. The molecule has 2 rings (SSSR count). The number of aliphatic hydroxyl groups is 1. The van der Waals surface area contributed by atoms with Gasteiger partial charge in [-0.15, -0.1) is 0 Å². The third-order valence-electron chi connectivity index (χ3n) is 2.81. The lowest BCUT2D eigenvalue weighted by atomic mass is 10.0. The number of halogens is 1. The van der Waals surface area contributed by atoms with E-state index in [1.807, 2.05) is 0 Å². The molecule has 1 aromatic rings. The van der Waals surface area contributed by atoms with Crippen LogP contribution in [-0.2, 0) is 4.74 Å². The van der Waals surface area contributed by atoms with Gasteiger partial charge in [-0.3, -0.25) is 4.90 Å². The van der Waals surface area contributed by atoms with E-state index in [-0.39, 0.29) is 6.61 Å². The zero-order valence-electron chi connectivity index (χ0n) is 9.52. The molecule has 0 radical (unpaired) electrons. The summed E-state index contributed by atoms with van der Waals surface area (Å²) in [6.45, 7) is 2.01. The van der Waals surface area contributed by atoms with E-state index >= 15 is 0 Å². The van der Waals surface area contributed by atoms with Crippen molar-refractivity contribution in [1.82, 2.24) is 0 Å². The number of cyclic esters (lactones) is 1. The standard InChI is InChI=1S/C12H14FNO3/c1-12(5-6-15)8-14(11(16)17-12)10-4-2-3-9(13)7-10/h2-4,7,15H,5-6,8H2,1H3. The molecule has 0 aliphatic carbocycles. The minimum absolute atomic E-state index is 0.0548. The van der Waals surface area contributed by atoms with Crippen LogP contribution in [0.1, 0.15) is 13.3 Å². The van der Waals surface area contributed by atoms with E-state index in [1.54, 1.807) is 19.1 Å². The topological polar surface area (TPSA) is 49.8 Å². The summed E-state index contributed by atoms with van der Waals surface area (Å²) in [6, 6.07) is 5.79. The van der Waals surface area contributed by atoms with E-state index in [0.717, 1.165) is 0 Å². The van der Waals surface area contributed by atoms with Crippen molar-refractivity contribution < 1.29 is 19.0 Å². The molecule has 0 saturated carbocycles. The van der Waals surface area contributed by atoms with Crippen LogP contribution in [0, 0.1) is 5.82 Å². The van der Waals surface area contributed by atoms with Gasteiger partial charge in [0.05, 0.1) is 12.2 Å². The van der Waals surface area contributed by atoms with Crippen LogP contribution in [0.3, 0.4) is 0 Å². The van der Waals surface area contributed by atoms with Gasteiger partial charge >= 0.3 is 6.09 Å². The Hall–Kier alpha value is -1.62. The number of carbonyl (C=O) groups excluding carboxylic acids is 1. The fraction of sp³-hybridized carbons (Fsp3) is 0.417. The molecule has 0 aromatic heterocycles. The van der Waals surface area contributed by atoms with Crippen molar-refractivity contribution in [3.05, 3.63) is 30.1 Å². The molecule has 1 heterocycles.